The molecule has 0 bridgehead atoms. The molecular formula is C10H13N3O2S. The third-order valence-corrected chi connectivity index (χ3v) is 2.50. The molecule has 4 N–H and O–H groups in total. The van der Waals surface area contributed by atoms with E-state index in [0.717, 1.165) is 0 Å². The van der Waals surface area contributed by atoms with Gasteiger partial charge in [0.25, 0.3) is 5.91 Å². The van der Waals surface area contributed by atoms with E-state index < -0.39 is 0 Å². The molecule has 6 heteroatoms. The fraction of sp³-hybridized carbons (Fsp3) is 0.300. The Hall–Kier alpha value is -1.69. The molecular weight excluding hydrogens is 226 g/mol. The molecule has 1 aromatic rings. The highest BCUT2D eigenvalue weighted by molar-refractivity contribution is 7.80. The number of hydrogen-bond donors (Lipinski definition) is 3. The van der Waals surface area contributed by atoms with Gasteiger partial charge in [-0.25, -0.2) is 0 Å². The Morgan fingerprint density at radius 1 is 1.75 bits per heavy atom. The van der Waals surface area contributed by atoms with Crippen LogP contribution in [0.4, 0.5) is 0 Å². The van der Waals surface area contributed by atoms with Gasteiger partial charge in [0.2, 0.25) is 0 Å². The summed E-state index contributed by atoms with van der Waals surface area (Å²) in [6, 6.07) is 1.44. The van der Waals surface area contributed by atoms with E-state index >= 15 is 0 Å². The van der Waals surface area contributed by atoms with Gasteiger partial charge in [0.1, 0.15) is 5.75 Å². The van der Waals surface area contributed by atoms with Crippen LogP contribution in [0.2, 0.25) is 0 Å². The van der Waals surface area contributed by atoms with Crippen molar-refractivity contribution in [3.8, 4) is 5.75 Å². The van der Waals surface area contributed by atoms with E-state index in [4.69, 9.17) is 18.0 Å². The lowest BCUT2D eigenvalue weighted by Crippen LogP contribution is -2.33. The zero-order valence-electron chi connectivity index (χ0n) is 8.80. The number of carbonyl (C=O) groups excluding carboxylic acids is 1. The summed E-state index contributed by atoms with van der Waals surface area (Å²) in [5.41, 5.74) is 5.60. The first-order valence-corrected chi connectivity index (χ1v) is 5.13. The lowest BCUT2D eigenvalue weighted by Gasteiger charge is -2.11. The van der Waals surface area contributed by atoms with E-state index in [1.807, 2.05) is 6.92 Å². The number of amides is 1. The molecule has 1 amide bonds. The third-order valence-electron chi connectivity index (χ3n) is 2.10. The second kappa shape index (κ2) is 5.41. The SMILES string of the molecule is CC(CNC(=O)c1ccncc1O)C(N)=S. The monoisotopic (exact) mass is 239 g/mol. The first-order chi connectivity index (χ1) is 7.52. The van der Waals surface area contributed by atoms with E-state index in [-0.39, 0.29) is 23.1 Å². The minimum atomic E-state index is -0.372. The van der Waals surface area contributed by atoms with Gasteiger partial charge in [-0.05, 0) is 6.07 Å². The Morgan fingerprint density at radius 3 is 3.00 bits per heavy atom. The Kier molecular flexibility index (Phi) is 4.19. The van der Waals surface area contributed by atoms with Crippen LogP contribution < -0.4 is 11.1 Å². The Bertz CT molecular complexity index is 409. The molecule has 0 aromatic carbocycles. The van der Waals surface area contributed by atoms with Crippen molar-refractivity contribution in [2.45, 2.75) is 6.92 Å². The number of carbonyl (C=O) groups is 1. The van der Waals surface area contributed by atoms with Gasteiger partial charge in [0.15, 0.2) is 0 Å². The predicted molar refractivity (Wildman–Crippen MR) is 64.2 cm³/mol. The zero-order valence-corrected chi connectivity index (χ0v) is 9.62. The standard InChI is InChI=1S/C10H13N3O2S/c1-6(9(11)16)4-13-10(15)7-2-3-12-5-8(7)14/h2-3,5-6,14H,4H2,1H3,(H2,11,16)(H,13,15). The minimum absolute atomic E-state index is 0.0806. The largest absolute Gasteiger partial charge is 0.505 e. The lowest BCUT2D eigenvalue weighted by atomic mass is 10.1. The van der Waals surface area contributed by atoms with Crippen LogP contribution in [0.15, 0.2) is 18.5 Å². The molecule has 0 aliphatic rings. The molecule has 1 atom stereocenters. The summed E-state index contributed by atoms with van der Waals surface area (Å²) in [5.74, 6) is -0.603. The summed E-state index contributed by atoms with van der Waals surface area (Å²) in [5, 5.41) is 12.0. The number of thiocarbonyl (C=S) groups is 1. The van der Waals surface area contributed by atoms with E-state index in [1.54, 1.807) is 0 Å². The summed E-state index contributed by atoms with van der Waals surface area (Å²) >= 11 is 4.78. The van der Waals surface area contributed by atoms with Gasteiger partial charge in [-0.2, -0.15) is 0 Å². The number of nitrogens with one attached hydrogen (secondary N) is 1. The molecule has 0 aliphatic carbocycles. The Labute approximate surface area is 98.7 Å². The van der Waals surface area contributed by atoms with Crippen molar-refractivity contribution in [2.24, 2.45) is 11.7 Å². The number of rotatable bonds is 4. The summed E-state index contributed by atoms with van der Waals surface area (Å²) < 4.78 is 0. The van der Waals surface area contributed by atoms with Crippen molar-refractivity contribution < 1.29 is 9.90 Å². The second-order valence-electron chi connectivity index (χ2n) is 3.41. The first-order valence-electron chi connectivity index (χ1n) is 4.73. The molecule has 0 spiro atoms. The summed E-state index contributed by atoms with van der Waals surface area (Å²) in [4.78, 5) is 15.6. The first kappa shape index (κ1) is 12.4. The van der Waals surface area contributed by atoms with Crippen LogP contribution in [0.3, 0.4) is 0 Å². The van der Waals surface area contributed by atoms with E-state index in [0.29, 0.717) is 11.5 Å². The van der Waals surface area contributed by atoms with E-state index in [9.17, 15) is 9.90 Å². The van der Waals surface area contributed by atoms with Crippen LogP contribution in [0.5, 0.6) is 5.75 Å². The summed E-state index contributed by atoms with van der Waals surface area (Å²) in [7, 11) is 0. The van der Waals surface area contributed by atoms with E-state index in [2.05, 4.69) is 10.3 Å². The molecule has 0 saturated carbocycles. The third kappa shape index (κ3) is 3.16. The lowest BCUT2D eigenvalue weighted by molar-refractivity contribution is 0.0948. The van der Waals surface area contributed by atoms with Crippen molar-refractivity contribution in [3.63, 3.8) is 0 Å². The maximum Gasteiger partial charge on any atom is 0.255 e. The minimum Gasteiger partial charge on any atom is -0.505 e. The molecule has 1 heterocycles. The van der Waals surface area contributed by atoms with Crippen molar-refractivity contribution in [1.29, 1.82) is 0 Å². The van der Waals surface area contributed by atoms with Crippen LogP contribution in [0.25, 0.3) is 0 Å². The van der Waals surface area contributed by atoms with Crippen LogP contribution in [0.1, 0.15) is 17.3 Å². The van der Waals surface area contributed by atoms with Crippen molar-refractivity contribution in [1.82, 2.24) is 10.3 Å². The smallest absolute Gasteiger partial charge is 0.255 e. The quantitative estimate of drug-likeness (QED) is 0.663. The van der Waals surface area contributed by atoms with Gasteiger partial charge in [-0.3, -0.25) is 9.78 Å². The zero-order chi connectivity index (χ0) is 12.1. The average Bonchev–Trinajstić information content (AvgIpc) is 2.25. The maximum absolute atomic E-state index is 11.6. The van der Waals surface area contributed by atoms with Crippen LogP contribution in [-0.4, -0.2) is 27.5 Å². The van der Waals surface area contributed by atoms with Gasteiger partial charge >= 0.3 is 0 Å². The summed E-state index contributed by atoms with van der Waals surface area (Å²) in [6.45, 7) is 2.16. The molecule has 1 aromatic heterocycles. The maximum atomic E-state index is 11.6. The fourth-order valence-electron chi connectivity index (χ4n) is 1.02. The molecule has 0 fully saturated rings. The number of hydrogen-bond acceptors (Lipinski definition) is 4. The molecule has 1 unspecified atom stereocenters. The number of aromatic nitrogens is 1. The van der Waals surface area contributed by atoms with Gasteiger partial charge in [0.05, 0.1) is 16.7 Å². The second-order valence-corrected chi connectivity index (χ2v) is 3.88. The molecule has 16 heavy (non-hydrogen) atoms. The van der Waals surface area contributed by atoms with Crippen LogP contribution in [0, 0.1) is 5.92 Å². The molecule has 0 aliphatic heterocycles. The van der Waals surface area contributed by atoms with Crippen molar-refractivity contribution in [2.75, 3.05) is 6.54 Å². The van der Waals surface area contributed by atoms with Gasteiger partial charge in [0, 0.05) is 18.7 Å². The highest BCUT2D eigenvalue weighted by Gasteiger charge is 2.12. The Balaban J connectivity index is 2.60. The molecule has 0 saturated heterocycles. The fourth-order valence-corrected chi connectivity index (χ4v) is 1.10. The predicted octanol–water partition coefficient (Wildman–Crippen LogP) is 0.439. The highest BCUT2D eigenvalue weighted by Crippen LogP contribution is 2.13. The Morgan fingerprint density at radius 2 is 2.44 bits per heavy atom. The normalized spacial score (nSPS) is 11.8. The number of pyridine rings is 1. The van der Waals surface area contributed by atoms with Gasteiger partial charge < -0.3 is 16.2 Å². The van der Waals surface area contributed by atoms with Crippen molar-refractivity contribution >= 4 is 23.1 Å². The van der Waals surface area contributed by atoms with Gasteiger partial charge in [-0.1, -0.05) is 19.1 Å². The van der Waals surface area contributed by atoms with Crippen molar-refractivity contribution in [3.05, 3.63) is 24.0 Å². The molecule has 0 radical (unpaired) electrons. The number of nitrogens with zero attached hydrogens (tertiary/aromatic N) is 1. The van der Waals surface area contributed by atoms with Crippen LogP contribution in [-0.2, 0) is 0 Å². The molecule has 86 valence electrons. The van der Waals surface area contributed by atoms with Gasteiger partial charge in [-0.15, -0.1) is 0 Å². The summed E-state index contributed by atoms with van der Waals surface area (Å²) in [6.07, 6.45) is 2.65. The van der Waals surface area contributed by atoms with Crippen LogP contribution >= 0.6 is 12.2 Å². The topological polar surface area (TPSA) is 88.2 Å². The van der Waals surface area contributed by atoms with E-state index in [1.165, 1.54) is 18.5 Å². The molecule has 5 nitrogen and oxygen atoms in total. The number of nitrogens with two attached hydrogens (primary N) is 1. The molecule has 1 rings (SSSR count). The highest BCUT2D eigenvalue weighted by atomic mass is 32.1. The average molecular weight is 239 g/mol. The number of aromatic hydroxyl groups is 1.